The number of hydrogen-bond acceptors (Lipinski definition) is 4. The molecule has 0 heterocycles. The van der Waals surface area contributed by atoms with E-state index >= 15 is 0 Å². The van der Waals surface area contributed by atoms with E-state index in [1.165, 1.54) is 0 Å². The maximum atomic E-state index is 9.11. The fraction of sp³-hybridized carbons (Fsp3) is 0.188. The van der Waals surface area contributed by atoms with Gasteiger partial charge in [0.2, 0.25) is 0 Å². The Hall–Kier alpha value is -2.51. The molecule has 20 heavy (non-hydrogen) atoms. The summed E-state index contributed by atoms with van der Waals surface area (Å²) in [4.78, 5) is 0. The third-order valence-corrected chi connectivity index (χ3v) is 2.75. The van der Waals surface area contributed by atoms with Gasteiger partial charge in [0.1, 0.15) is 23.3 Å². The highest BCUT2D eigenvalue weighted by molar-refractivity contribution is 5.49. The van der Waals surface area contributed by atoms with E-state index in [1.807, 2.05) is 24.3 Å². The molecule has 2 aromatic rings. The number of nitriles is 1. The molecule has 4 heteroatoms. The van der Waals surface area contributed by atoms with Crippen molar-refractivity contribution in [3.63, 3.8) is 0 Å². The fourth-order valence-electron chi connectivity index (χ4n) is 1.80. The molecule has 102 valence electrons. The maximum Gasteiger partial charge on any atom is 0.148 e. The molecule has 0 N–H and O–H groups in total. The van der Waals surface area contributed by atoms with Crippen molar-refractivity contribution >= 4 is 0 Å². The van der Waals surface area contributed by atoms with Gasteiger partial charge < -0.3 is 14.2 Å². The Balaban J connectivity index is 2.29. The van der Waals surface area contributed by atoms with Crippen LogP contribution in [0.1, 0.15) is 11.1 Å². The van der Waals surface area contributed by atoms with Gasteiger partial charge in [-0.05, 0) is 29.8 Å². The molecule has 0 fully saturated rings. The van der Waals surface area contributed by atoms with Gasteiger partial charge in [-0.3, -0.25) is 0 Å². The molecule has 0 amide bonds. The highest BCUT2D eigenvalue weighted by Gasteiger charge is 2.07. The largest absolute Gasteiger partial charge is 0.497 e. The summed E-state index contributed by atoms with van der Waals surface area (Å²) >= 11 is 0. The van der Waals surface area contributed by atoms with E-state index in [-0.39, 0.29) is 0 Å². The number of ether oxygens (including phenoxy) is 3. The number of rotatable bonds is 5. The van der Waals surface area contributed by atoms with Crippen LogP contribution < -0.4 is 9.47 Å². The van der Waals surface area contributed by atoms with Crippen molar-refractivity contribution in [1.82, 2.24) is 0 Å². The minimum atomic E-state index is 0.461. The van der Waals surface area contributed by atoms with Crippen molar-refractivity contribution in [2.24, 2.45) is 0 Å². The Morgan fingerprint density at radius 1 is 1.05 bits per heavy atom. The van der Waals surface area contributed by atoms with Crippen LogP contribution in [0, 0.1) is 11.3 Å². The third-order valence-electron chi connectivity index (χ3n) is 2.75. The van der Waals surface area contributed by atoms with Crippen molar-refractivity contribution in [2.75, 3.05) is 14.2 Å². The lowest BCUT2D eigenvalue weighted by molar-refractivity contribution is 0.184. The van der Waals surface area contributed by atoms with Crippen LogP contribution in [0.15, 0.2) is 42.5 Å². The summed E-state index contributed by atoms with van der Waals surface area (Å²) in [6.07, 6.45) is 0. The van der Waals surface area contributed by atoms with Gasteiger partial charge in [0.25, 0.3) is 0 Å². The van der Waals surface area contributed by atoms with Gasteiger partial charge in [-0.2, -0.15) is 5.26 Å². The molecule has 0 aliphatic heterocycles. The molecule has 0 aliphatic rings. The summed E-state index contributed by atoms with van der Waals surface area (Å²) in [7, 11) is 3.22. The quantitative estimate of drug-likeness (QED) is 0.833. The summed E-state index contributed by atoms with van der Waals surface area (Å²) in [5, 5.41) is 9.11. The lowest BCUT2D eigenvalue weighted by atomic mass is 10.2. The van der Waals surface area contributed by atoms with Gasteiger partial charge in [-0.25, -0.2) is 0 Å². The molecule has 0 aliphatic carbocycles. The molecule has 0 saturated carbocycles. The average Bonchev–Trinajstić information content (AvgIpc) is 2.48. The van der Waals surface area contributed by atoms with Crippen LogP contribution in [0.3, 0.4) is 0 Å². The first kappa shape index (κ1) is 13.9. The van der Waals surface area contributed by atoms with Crippen LogP contribution in [-0.4, -0.2) is 14.2 Å². The zero-order valence-corrected chi connectivity index (χ0v) is 11.4. The van der Waals surface area contributed by atoms with Crippen molar-refractivity contribution in [2.45, 2.75) is 6.61 Å². The van der Waals surface area contributed by atoms with E-state index in [1.54, 1.807) is 32.4 Å². The van der Waals surface area contributed by atoms with Gasteiger partial charge in [0.15, 0.2) is 0 Å². The average molecular weight is 269 g/mol. The second-order valence-electron chi connectivity index (χ2n) is 4.16. The molecule has 0 saturated heterocycles. The van der Waals surface area contributed by atoms with Crippen LogP contribution in [0.4, 0.5) is 0 Å². The molecule has 2 aromatic carbocycles. The highest BCUT2D eigenvalue weighted by atomic mass is 16.5. The molecular formula is C16H15NO3. The topological polar surface area (TPSA) is 51.5 Å². The lowest BCUT2D eigenvalue weighted by Gasteiger charge is -2.10. The van der Waals surface area contributed by atoms with E-state index in [2.05, 4.69) is 6.07 Å². The molecular weight excluding hydrogens is 254 g/mol. The molecule has 0 unspecified atom stereocenters. The third kappa shape index (κ3) is 3.28. The zero-order chi connectivity index (χ0) is 14.4. The van der Waals surface area contributed by atoms with Crippen LogP contribution in [0.5, 0.6) is 17.2 Å². The standard InChI is InChI=1S/C16H15NO3/c1-18-11-12-4-3-5-15(8-12)20-16-9-14(19-2)7-6-13(16)10-17/h3-9H,11H2,1-2H3. The Labute approximate surface area is 118 Å². The molecule has 4 nitrogen and oxygen atoms in total. The van der Waals surface area contributed by atoms with E-state index in [0.717, 1.165) is 5.56 Å². The van der Waals surface area contributed by atoms with Gasteiger partial charge in [0.05, 0.1) is 19.3 Å². The van der Waals surface area contributed by atoms with Crippen molar-refractivity contribution in [3.8, 4) is 23.3 Å². The number of benzene rings is 2. The fourth-order valence-corrected chi connectivity index (χ4v) is 1.80. The number of hydrogen-bond donors (Lipinski definition) is 0. The summed E-state index contributed by atoms with van der Waals surface area (Å²) in [6.45, 7) is 0.514. The van der Waals surface area contributed by atoms with Crippen LogP contribution >= 0.6 is 0 Å². The molecule has 0 radical (unpaired) electrons. The van der Waals surface area contributed by atoms with Crippen molar-refractivity contribution < 1.29 is 14.2 Å². The predicted molar refractivity (Wildman–Crippen MR) is 74.9 cm³/mol. The Bertz CT molecular complexity index is 632. The summed E-state index contributed by atoms with van der Waals surface area (Å²) in [5.41, 5.74) is 1.47. The van der Waals surface area contributed by atoms with Gasteiger partial charge in [0, 0.05) is 13.2 Å². The molecule has 0 atom stereocenters. The highest BCUT2D eigenvalue weighted by Crippen LogP contribution is 2.29. The van der Waals surface area contributed by atoms with Crippen molar-refractivity contribution in [1.29, 1.82) is 5.26 Å². The first-order valence-electron chi connectivity index (χ1n) is 6.10. The molecule has 2 rings (SSSR count). The van der Waals surface area contributed by atoms with E-state index in [9.17, 15) is 0 Å². The number of nitrogens with zero attached hydrogens (tertiary/aromatic N) is 1. The van der Waals surface area contributed by atoms with Crippen LogP contribution in [-0.2, 0) is 11.3 Å². The Morgan fingerprint density at radius 2 is 1.90 bits per heavy atom. The minimum absolute atomic E-state index is 0.461. The smallest absolute Gasteiger partial charge is 0.148 e. The number of methoxy groups -OCH3 is 2. The Morgan fingerprint density at radius 3 is 2.60 bits per heavy atom. The van der Waals surface area contributed by atoms with E-state index < -0.39 is 0 Å². The molecule has 0 bridgehead atoms. The SMILES string of the molecule is COCc1cccc(Oc2cc(OC)ccc2C#N)c1. The van der Waals surface area contributed by atoms with Crippen LogP contribution in [0.25, 0.3) is 0 Å². The van der Waals surface area contributed by atoms with Crippen LogP contribution in [0.2, 0.25) is 0 Å². The minimum Gasteiger partial charge on any atom is -0.497 e. The monoisotopic (exact) mass is 269 g/mol. The normalized spacial score (nSPS) is 9.85. The second-order valence-corrected chi connectivity index (χ2v) is 4.16. The first-order valence-corrected chi connectivity index (χ1v) is 6.10. The summed E-state index contributed by atoms with van der Waals surface area (Å²) in [5.74, 6) is 1.78. The summed E-state index contributed by atoms with van der Waals surface area (Å²) < 4.78 is 16.0. The first-order chi connectivity index (χ1) is 9.76. The second kappa shape index (κ2) is 6.60. The summed E-state index contributed by atoms with van der Waals surface area (Å²) in [6, 6.07) is 14.7. The van der Waals surface area contributed by atoms with Gasteiger partial charge in [-0.15, -0.1) is 0 Å². The Kier molecular flexibility index (Phi) is 4.59. The predicted octanol–water partition coefficient (Wildman–Crippen LogP) is 3.51. The van der Waals surface area contributed by atoms with Gasteiger partial charge in [-0.1, -0.05) is 12.1 Å². The van der Waals surface area contributed by atoms with E-state index in [0.29, 0.717) is 29.4 Å². The van der Waals surface area contributed by atoms with E-state index in [4.69, 9.17) is 19.5 Å². The van der Waals surface area contributed by atoms with Crippen molar-refractivity contribution in [3.05, 3.63) is 53.6 Å². The molecule has 0 spiro atoms. The van der Waals surface area contributed by atoms with Gasteiger partial charge >= 0.3 is 0 Å². The maximum absolute atomic E-state index is 9.11. The lowest BCUT2D eigenvalue weighted by Crippen LogP contribution is -1.92. The zero-order valence-electron chi connectivity index (χ0n) is 11.4. The molecule has 0 aromatic heterocycles.